The molecule has 0 spiro atoms. The van der Waals surface area contributed by atoms with E-state index in [1.54, 1.807) is 0 Å². The molecule has 5 aromatic rings. The van der Waals surface area contributed by atoms with E-state index in [1.165, 1.54) is 10.9 Å². The van der Waals surface area contributed by atoms with E-state index in [1.807, 2.05) is 37.2 Å². The van der Waals surface area contributed by atoms with E-state index >= 15 is 0 Å². The summed E-state index contributed by atoms with van der Waals surface area (Å²) in [4.78, 5) is 14.1. The fourth-order valence-electron chi connectivity index (χ4n) is 4.84. The van der Waals surface area contributed by atoms with Gasteiger partial charge >= 0.3 is 0 Å². The van der Waals surface area contributed by atoms with Gasteiger partial charge in [0, 0.05) is 35.1 Å². The first kappa shape index (κ1) is 23.1. The minimum atomic E-state index is -0.131. The predicted octanol–water partition coefficient (Wildman–Crippen LogP) is 5.88. The summed E-state index contributed by atoms with van der Waals surface area (Å²) in [6.45, 7) is 13.7. The molecule has 5 heterocycles. The summed E-state index contributed by atoms with van der Waals surface area (Å²) in [5.41, 5.74) is 8.08. The van der Waals surface area contributed by atoms with Gasteiger partial charge in [0.15, 0.2) is 0 Å². The van der Waals surface area contributed by atoms with Crippen LogP contribution in [0.25, 0.3) is 33.2 Å². The summed E-state index contributed by atoms with van der Waals surface area (Å²) in [6, 6.07) is 8.58. The molecular formula is C28H33N7. The van der Waals surface area contributed by atoms with E-state index in [-0.39, 0.29) is 5.41 Å². The van der Waals surface area contributed by atoms with Gasteiger partial charge in [-0.05, 0) is 56.0 Å². The highest BCUT2D eigenvalue weighted by atomic mass is 15.3. The molecule has 0 aliphatic heterocycles. The molecule has 1 atom stereocenters. The van der Waals surface area contributed by atoms with E-state index in [0.717, 1.165) is 57.9 Å². The molecule has 0 saturated carbocycles. The van der Waals surface area contributed by atoms with Crippen LogP contribution >= 0.6 is 0 Å². The van der Waals surface area contributed by atoms with Crippen molar-refractivity contribution in [3.05, 3.63) is 65.5 Å². The Bertz CT molecular complexity index is 1540. The molecule has 0 aliphatic rings. The van der Waals surface area contributed by atoms with Gasteiger partial charge < -0.3 is 0 Å². The number of pyridine rings is 3. The Kier molecular flexibility index (Phi) is 5.66. The normalized spacial score (nSPS) is 13.7. The van der Waals surface area contributed by atoms with Gasteiger partial charge in [-0.1, -0.05) is 27.7 Å². The number of rotatable bonds is 6. The smallest absolute Gasteiger partial charge is 0.0894 e. The predicted molar refractivity (Wildman–Crippen MR) is 140 cm³/mol. The first-order valence-electron chi connectivity index (χ1n) is 12.3. The second-order valence-corrected chi connectivity index (χ2v) is 10.2. The van der Waals surface area contributed by atoms with E-state index in [4.69, 9.17) is 15.1 Å². The quantitative estimate of drug-likeness (QED) is 0.312. The van der Waals surface area contributed by atoms with Crippen LogP contribution in [0.5, 0.6) is 0 Å². The Labute approximate surface area is 206 Å². The average Bonchev–Trinajstić information content (AvgIpc) is 3.33. The molecule has 7 nitrogen and oxygen atoms in total. The van der Waals surface area contributed by atoms with Crippen LogP contribution in [0.15, 0.2) is 42.9 Å². The monoisotopic (exact) mass is 467 g/mol. The Morgan fingerprint density at radius 2 is 1.57 bits per heavy atom. The topological polar surface area (TPSA) is 74.3 Å². The highest BCUT2D eigenvalue weighted by Crippen LogP contribution is 2.33. The van der Waals surface area contributed by atoms with Gasteiger partial charge in [-0.15, -0.1) is 0 Å². The highest BCUT2D eigenvalue weighted by molar-refractivity contribution is 5.84. The number of hydrogen-bond acceptors (Lipinski definition) is 5. The van der Waals surface area contributed by atoms with Gasteiger partial charge in [0.1, 0.15) is 0 Å². The van der Waals surface area contributed by atoms with Crippen LogP contribution in [0.3, 0.4) is 0 Å². The van der Waals surface area contributed by atoms with Crippen molar-refractivity contribution in [1.82, 2.24) is 34.5 Å². The molecular weight excluding hydrogens is 434 g/mol. The van der Waals surface area contributed by atoms with E-state index in [9.17, 15) is 0 Å². The summed E-state index contributed by atoms with van der Waals surface area (Å²) in [7, 11) is 1.95. The average molecular weight is 468 g/mol. The molecule has 0 bridgehead atoms. The lowest BCUT2D eigenvalue weighted by Gasteiger charge is -2.29. The van der Waals surface area contributed by atoms with Crippen molar-refractivity contribution in [2.45, 2.75) is 65.8 Å². The van der Waals surface area contributed by atoms with Crippen LogP contribution in [-0.4, -0.2) is 34.5 Å². The Morgan fingerprint density at radius 3 is 2.31 bits per heavy atom. The van der Waals surface area contributed by atoms with Gasteiger partial charge in [0.05, 0.1) is 52.7 Å². The van der Waals surface area contributed by atoms with Crippen molar-refractivity contribution in [2.75, 3.05) is 0 Å². The zero-order chi connectivity index (χ0) is 24.9. The molecule has 0 aromatic carbocycles. The van der Waals surface area contributed by atoms with Crippen LogP contribution < -0.4 is 0 Å². The van der Waals surface area contributed by atoms with Crippen LogP contribution in [0.1, 0.15) is 62.7 Å². The number of aromatic nitrogens is 7. The van der Waals surface area contributed by atoms with Crippen molar-refractivity contribution in [1.29, 1.82) is 0 Å². The van der Waals surface area contributed by atoms with Gasteiger partial charge in [0.2, 0.25) is 0 Å². The first-order chi connectivity index (χ1) is 16.7. The molecule has 0 amide bonds. The van der Waals surface area contributed by atoms with Crippen molar-refractivity contribution in [3.8, 4) is 11.4 Å². The lowest BCUT2D eigenvalue weighted by atomic mass is 9.80. The minimum absolute atomic E-state index is 0.131. The number of fused-ring (bicyclic) bond motifs is 2. The number of hydrogen-bond donors (Lipinski definition) is 0. The van der Waals surface area contributed by atoms with E-state index < -0.39 is 0 Å². The maximum absolute atomic E-state index is 4.91. The van der Waals surface area contributed by atoms with Gasteiger partial charge in [-0.3, -0.25) is 24.3 Å². The zero-order valence-corrected chi connectivity index (χ0v) is 21.7. The van der Waals surface area contributed by atoms with Crippen LogP contribution in [0.2, 0.25) is 0 Å². The third kappa shape index (κ3) is 3.99. The molecule has 1 unspecified atom stereocenters. The van der Waals surface area contributed by atoms with E-state index in [2.05, 4.69) is 73.6 Å². The lowest BCUT2D eigenvalue weighted by Crippen LogP contribution is -2.28. The first-order valence-corrected chi connectivity index (χ1v) is 12.3. The summed E-state index contributed by atoms with van der Waals surface area (Å²) in [5.74, 6) is 0.390. The molecule has 5 aromatic heterocycles. The van der Waals surface area contributed by atoms with Crippen molar-refractivity contribution >= 4 is 21.8 Å². The number of nitrogens with zero attached hydrogens (tertiary/aromatic N) is 7. The Hall–Kier alpha value is -3.61. The van der Waals surface area contributed by atoms with Crippen LogP contribution in [0, 0.1) is 13.8 Å². The summed E-state index contributed by atoms with van der Waals surface area (Å²) in [6.07, 6.45) is 6.72. The maximum atomic E-state index is 4.91. The van der Waals surface area contributed by atoms with Gasteiger partial charge in [0.25, 0.3) is 0 Å². The van der Waals surface area contributed by atoms with Crippen molar-refractivity contribution in [2.24, 2.45) is 7.05 Å². The maximum Gasteiger partial charge on any atom is 0.0894 e. The Balaban J connectivity index is 1.53. The van der Waals surface area contributed by atoms with E-state index in [0.29, 0.717) is 5.92 Å². The summed E-state index contributed by atoms with van der Waals surface area (Å²) < 4.78 is 3.99. The van der Waals surface area contributed by atoms with Crippen LogP contribution in [0.4, 0.5) is 0 Å². The highest BCUT2D eigenvalue weighted by Gasteiger charge is 2.28. The third-order valence-electron chi connectivity index (χ3n) is 7.35. The fraction of sp³-hybridized carbons (Fsp3) is 0.393. The molecule has 0 aliphatic carbocycles. The molecule has 5 rings (SSSR count). The molecule has 35 heavy (non-hydrogen) atoms. The second kappa shape index (κ2) is 8.56. The molecule has 0 saturated heterocycles. The molecule has 7 heteroatoms. The molecule has 0 N–H and O–H groups in total. The molecule has 180 valence electrons. The minimum Gasteiger partial charge on any atom is -0.266 e. The van der Waals surface area contributed by atoms with Crippen LogP contribution in [-0.2, 0) is 19.0 Å². The summed E-state index contributed by atoms with van der Waals surface area (Å²) in [5, 5.41) is 11.7. The van der Waals surface area contributed by atoms with Gasteiger partial charge in [-0.2, -0.15) is 10.2 Å². The summed E-state index contributed by atoms with van der Waals surface area (Å²) >= 11 is 0. The molecule has 0 fully saturated rings. The Morgan fingerprint density at radius 1 is 0.886 bits per heavy atom. The second-order valence-electron chi connectivity index (χ2n) is 10.2. The third-order valence-corrected chi connectivity index (χ3v) is 7.35. The SMILES string of the molecule is CCC(C)(Cn1nc(C)c2cc(C(C)C)ncc21)c1ccnc(-c2cc3c(C)nn(C)c3cn2)c1. The van der Waals surface area contributed by atoms with Crippen molar-refractivity contribution in [3.63, 3.8) is 0 Å². The van der Waals surface area contributed by atoms with Crippen molar-refractivity contribution < 1.29 is 0 Å². The largest absolute Gasteiger partial charge is 0.266 e. The zero-order valence-electron chi connectivity index (χ0n) is 21.7. The van der Waals surface area contributed by atoms with Gasteiger partial charge in [-0.25, -0.2) is 0 Å². The fourth-order valence-corrected chi connectivity index (χ4v) is 4.84. The number of aryl methyl sites for hydroxylation is 3. The lowest BCUT2D eigenvalue weighted by molar-refractivity contribution is 0.369. The molecule has 0 radical (unpaired) electrons. The standard InChI is InChI=1S/C28H33N7/c1-8-28(6,16-35-27-15-30-23(17(2)3)12-22(27)19(5)33-35)20-9-10-29-24(11-20)25-13-21-18(4)32-34(7)26(21)14-31-25/h9-15,17H,8,16H2,1-7H3.